The Hall–Kier alpha value is -1.81. The zero-order chi connectivity index (χ0) is 13.3. The number of hydrogen-bond acceptors (Lipinski definition) is 2. The molecule has 0 aliphatic carbocycles. The Morgan fingerprint density at radius 1 is 1.06 bits per heavy atom. The van der Waals surface area contributed by atoms with Crippen molar-refractivity contribution in [3.8, 4) is 5.75 Å². The lowest BCUT2D eigenvalue weighted by atomic mass is 10.0. The van der Waals surface area contributed by atoms with Crippen LogP contribution in [0.5, 0.6) is 5.75 Å². The molecule has 0 fully saturated rings. The van der Waals surface area contributed by atoms with Crippen molar-refractivity contribution >= 4 is 25.1 Å². The van der Waals surface area contributed by atoms with Crippen LogP contribution in [0.1, 0.15) is 10.4 Å². The fraction of sp³-hybridized carbons (Fsp3) is 0.214. The second-order valence-corrected chi connectivity index (χ2v) is 9.61. The standard InChI is InChI=1S/C14H16O3Si/c1-18(2,3)17-13-9-8-12(14(15)16)10-6-4-5-7-11(10)13/h4-9H,1-3H3,(H,15,16). The minimum Gasteiger partial charge on any atom is -0.544 e. The van der Waals surface area contributed by atoms with E-state index >= 15 is 0 Å². The van der Waals surface area contributed by atoms with E-state index in [2.05, 4.69) is 19.6 Å². The summed E-state index contributed by atoms with van der Waals surface area (Å²) in [4.78, 5) is 11.2. The summed E-state index contributed by atoms with van der Waals surface area (Å²) in [6.07, 6.45) is 0. The highest BCUT2D eigenvalue weighted by Crippen LogP contribution is 2.30. The maximum atomic E-state index is 11.2. The Morgan fingerprint density at radius 3 is 2.22 bits per heavy atom. The number of fused-ring (bicyclic) bond motifs is 1. The van der Waals surface area contributed by atoms with Gasteiger partial charge in [-0.05, 0) is 37.2 Å². The van der Waals surface area contributed by atoms with Gasteiger partial charge < -0.3 is 9.53 Å². The lowest BCUT2D eigenvalue weighted by Gasteiger charge is -2.21. The predicted octanol–water partition coefficient (Wildman–Crippen LogP) is 3.75. The van der Waals surface area contributed by atoms with Gasteiger partial charge in [0.2, 0.25) is 8.32 Å². The molecule has 0 saturated carbocycles. The zero-order valence-corrected chi connectivity index (χ0v) is 11.7. The van der Waals surface area contributed by atoms with Crippen LogP contribution in [0, 0.1) is 0 Å². The molecule has 0 spiro atoms. The van der Waals surface area contributed by atoms with Crippen LogP contribution in [0.2, 0.25) is 19.6 Å². The van der Waals surface area contributed by atoms with Crippen LogP contribution in [0.25, 0.3) is 10.8 Å². The van der Waals surface area contributed by atoms with Gasteiger partial charge in [-0.15, -0.1) is 0 Å². The molecule has 0 unspecified atom stereocenters. The largest absolute Gasteiger partial charge is 0.544 e. The molecule has 0 bridgehead atoms. The molecule has 0 atom stereocenters. The summed E-state index contributed by atoms with van der Waals surface area (Å²) in [5, 5.41) is 10.8. The van der Waals surface area contributed by atoms with Crippen molar-refractivity contribution in [2.24, 2.45) is 0 Å². The monoisotopic (exact) mass is 260 g/mol. The number of carboxylic acids is 1. The third kappa shape index (κ3) is 2.54. The van der Waals surface area contributed by atoms with E-state index in [0.29, 0.717) is 5.56 Å². The molecule has 0 amide bonds. The van der Waals surface area contributed by atoms with Crippen molar-refractivity contribution in [1.82, 2.24) is 0 Å². The van der Waals surface area contributed by atoms with E-state index in [1.54, 1.807) is 12.1 Å². The molecule has 0 heterocycles. The first kappa shape index (κ1) is 12.6. The van der Waals surface area contributed by atoms with Crippen LogP contribution in [0.3, 0.4) is 0 Å². The predicted molar refractivity (Wildman–Crippen MR) is 74.9 cm³/mol. The van der Waals surface area contributed by atoms with E-state index in [9.17, 15) is 9.90 Å². The van der Waals surface area contributed by atoms with Crippen LogP contribution in [0.15, 0.2) is 36.4 Å². The van der Waals surface area contributed by atoms with E-state index in [0.717, 1.165) is 16.5 Å². The summed E-state index contributed by atoms with van der Waals surface area (Å²) in [6, 6.07) is 10.8. The van der Waals surface area contributed by atoms with E-state index in [1.807, 2.05) is 24.3 Å². The average molecular weight is 260 g/mol. The lowest BCUT2D eigenvalue weighted by molar-refractivity contribution is 0.0699. The van der Waals surface area contributed by atoms with Gasteiger partial charge in [0.25, 0.3) is 0 Å². The van der Waals surface area contributed by atoms with Gasteiger partial charge in [0.1, 0.15) is 5.75 Å². The minimum absolute atomic E-state index is 0.313. The van der Waals surface area contributed by atoms with E-state index < -0.39 is 14.3 Å². The van der Waals surface area contributed by atoms with Gasteiger partial charge in [0.15, 0.2) is 0 Å². The molecule has 18 heavy (non-hydrogen) atoms. The molecule has 4 heteroatoms. The average Bonchev–Trinajstić information content (AvgIpc) is 2.27. The number of rotatable bonds is 3. The minimum atomic E-state index is -1.71. The summed E-state index contributed by atoms with van der Waals surface area (Å²) in [6.45, 7) is 6.31. The van der Waals surface area contributed by atoms with E-state index in [4.69, 9.17) is 4.43 Å². The molecule has 0 radical (unpaired) electrons. The molecule has 3 nitrogen and oxygen atoms in total. The summed E-state index contributed by atoms with van der Waals surface area (Å²) in [7, 11) is -1.71. The van der Waals surface area contributed by atoms with E-state index in [1.165, 1.54) is 0 Å². The first-order chi connectivity index (χ1) is 8.38. The van der Waals surface area contributed by atoms with Crippen molar-refractivity contribution in [3.05, 3.63) is 42.0 Å². The summed E-state index contributed by atoms with van der Waals surface area (Å²) in [5.74, 6) is -0.138. The van der Waals surface area contributed by atoms with Crippen molar-refractivity contribution in [3.63, 3.8) is 0 Å². The molecule has 1 N–H and O–H groups in total. The van der Waals surface area contributed by atoms with Gasteiger partial charge in [-0.3, -0.25) is 0 Å². The second-order valence-electron chi connectivity index (χ2n) is 5.18. The number of hydrogen-bond donors (Lipinski definition) is 1. The van der Waals surface area contributed by atoms with Gasteiger partial charge in [-0.1, -0.05) is 24.3 Å². The van der Waals surface area contributed by atoms with E-state index in [-0.39, 0.29) is 0 Å². The topological polar surface area (TPSA) is 46.5 Å². The van der Waals surface area contributed by atoms with Crippen LogP contribution >= 0.6 is 0 Å². The van der Waals surface area contributed by atoms with Crippen molar-refractivity contribution in [2.75, 3.05) is 0 Å². The van der Waals surface area contributed by atoms with Gasteiger partial charge in [-0.25, -0.2) is 4.79 Å². The molecule has 2 aromatic rings. The maximum absolute atomic E-state index is 11.2. The fourth-order valence-electron chi connectivity index (χ4n) is 1.88. The molecular formula is C14H16O3Si. The molecule has 2 aromatic carbocycles. The summed E-state index contributed by atoms with van der Waals surface area (Å²) in [5.41, 5.74) is 0.313. The Labute approximate surface area is 107 Å². The number of benzene rings is 2. The Morgan fingerprint density at radius 2 is 1.67 bits per heavy atom. The first-order valence-electron chi connectivity index (χ1n) is 5.82. The lowest BCUT2D eigenvalue weighted by Crippen LogP contribution is -2.29. The molecule has 0 saturated heterocycles. The van der Waals surface area contributed by atoms with Gasteiger partial charge in [0.05, 0.1) is 5.56 Å². The van der Waals surface area contributed by atoms with Gasteiger partial charge in [0, 0.05) is 5.39 Å². The zero-order valence-electron chi connectivity index (χ0n) is 10.7. The quantitative estimate of drug-likeness (QED) is 0.855. The summed E-state index contributed by atoms with van der Waals surface area (Å²) < 4.78 is 6.00. The number of carboxylic acid groups (broad SMARTS) is 1. The Balaban J connectivity index is 2.65. The van der Waals surface area contributed by atoms with Crippen LogP contribution in [-0.2, 0) is 0 Å². The van der Waals surface area contributed by atoms with Crippen LogP contribution in [0.4, 0.5) is 0 Å². The molecule has 2 rings (SSSR count). The van der Waals surface area contributed by atoms with Crippen molar-refractivity contribution < 1.29 is 14.3 Å². The van der Waals surface area contributed by atoms with Crippen LogP contribution in [-0.4, -0.2) is 19.4 Å². The second kappa shape index (κ2) is 4.46. The smallest absolute Gasteiger partial charge is 0.336 e. The van der Waals surface area contributed by atoms with Crippen molar-refractivity contribution in [1.29, 1.82) is 0 Å². The Bertz CT molecular complexity index is 600. The number of aromatic carboxylic acids is 1. The molecular weight excluding hydrogens is 244 g/mol. The SMILES string of the molecule is C[Si](C)(C)Oc1ccc(C(=O)O)c2ccccc12. The fourth-order valence-corrected chi connectivity index (χ4v) is 2.71. The summed E-state index contributed by atoms with van der Waals surface area (Å²) >= 11 is 0. The molecule has 0 aliphatic heterocycles. The molecule has 0 aromatic heterocycles. The third-order valence-electron chi connectivity index (χ3n) is 2.53. The highest BCUT2D eigenvalue weighted by molar-refractivity contribution is 6.70. The van der Waals surface area contributed by atoms with Crippen LogP contribution < -0.4 is 4.43 Å². The number of carbonyl (C=O) groups is 1. The maximum Gasteiger partial charge on any atom is 0.336 e. The Kier molecular flexibility index (Phi) is 3.13. The third-order valence-corrected chi connectivity index (χ3v) is 3.36. The van der Waals surface area contributed by atoms with Gasteiger partial charge >= 0.3 is 5.97 Å². The highest BCUT2D eigenvalue weighted by atomic mass is 28.4. The first-order valence-corrected chi connectivity index (χ1v) is 9.23. The molecule has 0 aliphatic rings. The normalized spacial score (nSPS) is 11.5. The van der Waals surface area contributed by atoms with Crippen molar-refractivity contribution in [2.45, 2.75) is 19.6 Å². The highest BCUT2D eigenvalue weighted by Gasteiger charge is 2.19. The molecule has 94 valence electrons. The van der Waals surface area contributed by atoms with Gasteiger partial charge in [-0.2, -0.15) is 0 Å².